The minimum atomic E-state index is -1.64. The molecule has 1 atom stereocenters. The lowest BCUT2D eigenvalue weighted by Gasteiger charge is -2.24. The molecule has 11 heteroatoms. The number of pyridine rings is 1. The number of nitrogens with two attached hydrogens (primary N) is 1. The first-order chi connectivity index (χ1) is 17.9. The zero-order valence-corrected chi connectivity index (χ0v) is 22.1. The van der Waals surface area contributed by atoms with Gasteiger partial charge in [0, 0.05) is 35.0 Å². The van der Waals surface area contributed by atoms with Crippen molar-refractivity contribution in [2.24, 2.45) is 11.1 Å². The molecule has 0 saturated carbocycles. The number of hydrogen-bond acceptors (Lipinski definition) is 8. The number of nitrogens with one attached hydrogen (secondary N) is 4. The molecule has 0 radical (unpaired) electrons. The standard InChI is InChI=1S/C26H28Cl2N8O/c1-26(2,3)14-32-23-15(10-29)11-31-24-18(23)8-16(9-20(24)28)33-25(17-6-4-5-7-19(17)27)21-12-36(35-34-21)13-22(30)37/h4-9,11-12,25,33-35H,13-14H2,1-3H3,(H2,30,37)(H,31,32)/t25-/m1/s1/i25D. The SMILES string of the molecule is [2H][C@](Nc1cc(Cl)c2ncc(C#N)c(NCC(C)(C)C)c2c1)(C1=CN(CC(N)=O)NN1)c1ccccc1Cl. The van der Waals surface area contributed by atoms with Crippen molar-refractivity contribution >= 4 is 51.4 Å². The summed E-state index contributed by atoms with van der Waals surface area (Å²) in [6.45, 7) is 6.76. The summed E-state index contributed by atoms with van der Waals surface area (Å²) in [5, 5.41) is 19.2. The number of amides is 1. The van der Waals surface area contributed by atoms with E-state index in [0.29, 0.717) is 55.7 Å². The van der Waals surface area contributed by atoms with Gasteiger partial charge in [-0.05, 0) is 29.2 Å². The Morgan fingerprint density at radius 1 is 1.30 bits per heavy atom. The van der Waals surface area contributed by atoms with Crippen LogP contribution in [0.2, 0.25) is 10.0 Å². The number of carbonyl (C=O) groups excluding carboxylic acids is 1. The van der Waals surface area contributed by atoms with Crippen LogP contribution in [0.15, 0.2) is 54.5 Å². The summed E-state index contributed by atoms with van der Waals surface area (Å²) in [4.78, 5) is 15.8. The maximum Gasteiger partial charge on any atom is 0.238 e. The van der Waals surface area contributed by atoms with E-state index in [0.717, 1.165) is 0 Å². The van der Waals surface area contributed by atoms with Crippen molar-refractivity contribution < 1.29 is 6.17 Å². The molecule has 3 aromatic rings. The first kappa shape index (κ1) is 25.0. The average Bonchev–Trinajstić information content (AvgIpc) is 3.30. The fraction of sp³-hybridized carbons (Fsp3) is 0.269. The molecule has 0 spiro atoms. The number of hydrazine groups is 2. The lowest BCUT2D eigenvalue weighted by atomic mass is 9.96. The maximum atomic E-state index is 11.4. The van der Waals surface area contributed by atoms with E-state index < -0.39 is 11.9 Å². The third kappa shape index (κ3) is 6.17. The highest BCUT2D eigenvalue weighted by Crippen LogP contribution is 2.37. The smallest absolute Gasteiger partial charge is 0.238 e. The number of nitriles is 1. The van der Waals surface area contributed by atoms with Crippen molar-refractivity contribution in [2.75, 3.05) is 23.7 Å². The van der Waals surface area contributed by atoms with Crippen LogP contribution in [-0.2, 0) is 4.79 Å². The number of fused-ring (bicyclic) bond motifs is 1. The molecule has 2 aromatic carbocycles. The quantitative estimate of drug-likeness (QED) is 0.279. The van der Waals surface area contributed by atoms with Crippen molar-refractivity contribution in [3.05, 3.63) is 75.7 Å². The first-order valence-electron chi connectivity index (χ1n) is 12.0. The van der Waals surface area contributed by atoms with E-state index in [9.17, 15) is 11.4 Å². The summed E-state index contributed by atoms with van der Waals surface area (Å²) in [6.07, 6.45) is 3.07. The van der Waals surface area contributed by atoms with Crippen LogP contribution in [0.4, 0.5) is 11.4 Å². The number of anilines is 2. The number of primary amides is 1. The molecular weight excluding hydrogens is 511 g/mol. The molecule has 9 nitrogen and oxygen atoms in total. The zero-order chi connectivity index (χ0) is 27.7. The average molecular weight is 540 g/mol. The lowest BCUT2D eigenvalue weighted by molar-refractivity contribution is -0.119. The van der Waals surface area contributed by atoms with Gasteiger partial charge in [-0.3, -0.25) is 14.8 Å². The molecule has 0 bridgehead atoms. The van der Waals surface area contributed by atoms with Crippen LogP contribution in [0.5, 0.6) is 0 Å². The van der Waals surface area contributed by atoms with Gasteiger partial charge in [0.25, 0.3) is 0 Å². The van der Waals surface area contributed by atoms with Crippen LogP contribution in [0.1, 0.15) is 39.3 Å². The van der Waals surface area contributed by atoms with Gasteiger partial charge in [0.1, 0.15) is 12.6 Å². The normalized spacial score (nSPS) is 15.3. The summed E-state index contributed by atoms with van der Waals surface area (Å²) in [5.74, 6) is -0.546. The van der Waals surface area contributed by atoms with E-state index in [2.05, 4.69) is 53.4 Å². The topological polar surface area (TPSA) is 131 Å². The monoisotopic (exact) mass is 539 g/mol. The molecule has 0 unspecified atom stereocenters. The van der Waals surface area contributed by atoms with Crippen molar-refractivity contribution in [1.82, 2.24) is 21.0 Å². The van der Waals surface area contributed by atoms with Crippen molar-refractivity contribution in [1.29, 1.82) is 5.26 Å². The minimum Gasteiger partial charge on any atom is -0.383 e. The summed E-state index contributed by atoms with van der Waals surface area (Å²) in [5.41, 5.74) is 13.9. The van der Waals surface area contributed by atoms with Gasteiger partial charge in [-0.25, -0.2) is 0 Å². The largest absolute Gasteiger partial charge is 0.383 e. The van der Waals surface area contributed by atoms with Crippen molar-refractivity contribution in [2.45, 2.75) is 26.8 Å². The molecule has 0 aliphatic carbocycles. The Hall–Kier alpha value is -3.71. The fourth-order valence-electron chi connectivity index (χ4n) is 3.78. The Morgan fingerprint density at radius 2 is 2.05 bits per heavy atom. The van der Waals surface area contributed by atoms with E-state index in [1.165, 1.54) is 11.2 Å². The van der Waals surface area contributed by atoms with E-state index in [1.807, 2.05) is 0 Å². The number of halogens is 2. The van der Waals surface area contributed by atoms with E-state index in [4.69, 9.17) is 28.9 Å². The molecular formula is C26H28Cl2N8O. The minimum absolute atomic E-state index is 0.0488. The predicted molar refractivity (Wildman–Crippen MR) is 147 cm³/mol. The predicted octanol–water partition coefficient (Wildman–Crippen LogP) is 4.68. The second-order valence-electron chi connectivity index (χ2n) is 9.78. The summed E-state index contributed by atoms with van der Waals surface area (Å²) >= 11 is 13.2. The lowest BCUT2D eigenvalue weighted by Crippen LogP contribution is -2.41. The molecule has 2 heterocycles. The van der Waals surface area contributed by atoms with Gasteiger partial charge in [-0.15, -0.1) is 5.53 Å². The second kappa shape index (κ2) is 10.7. The molecule has 37 heavy (non-hydrogen) atoms. The Morgan fingerprint density at radius 3 is 2.73 bits per heavy atom. The molecule has 6 N–H and O–H groups in total. The van der Waals surface area contributed by atoms with E-state index >= 15 is 0 Å². The van der Waals surface area contributed by atoms with Crippen LogP contribution in [0, 0.1) is 16.7 Å². The number of nitrogens with zero attached hydrogens (tertiary/aromatic N) is 3. The molecule has 1 aromatic heterocycles. The van der Waals surface area contributed by atoms with Gasteiger partial charge in [0.05, 0.1) is 34.9 Å². The van der Waals surface area contributed by atoms with Gasteiger partial charge >= 0.3 is 0 Å². The van der Waals surface area contributed by atoms with Crippen LogP contribution in [0.25, 0.3) is 10.9 Å². The van der Waals surface area contributed by atoms with E-state index in [1.54, 1.807) is 42.6 Å². The molecule has 1 aliphatic heterocycles. The molecule has 0 fully saturated rings. The molecule has 4 rings (SSSR count). The van der Waals surface area contributed by atoms with E-state index in [-0.39, 0.29) is 12.0 Å². The molecule has 1 aliphatic rings. The first-order valence-corrected chi connectivity index (χ1v) is 12.3. The van der Waals surface area contributed by atoms with Gasteiger partial charge in [-0.1, -0.05) is 62.2 Å². The highest BCUT2D eigenvalue weighted by molar-refractivity contribution is 6.36. The number of hydrogen-bond donors (Lipinski definition) is 5. The van der Waals surface area contributed by atoms with Crippen molar-refractivity contribution in [3.8, 4) is 6.07 Å². The molecule has 0 saturated heterocycles. The highest BCUT2D eigenvalue weighted by atomic mass is 35.5. The number of rotatable bonds is 8. The van der Waals surface area contributed by atoms with Crippen LogP contribution in [-0.4, -0.2) is 29.0 Å². The van der Waals surface area contributed by atoms with Gasteiger partial charge in [0.2, 0.25) is 5.91 Å². The summed E-state index contributed by atoms with van der Waals surface area (Å²) in [6, 6.07) is 11.0. The van der Waals surface area contributed by atoms with Crippen LogP contribution >= 0.6 is 23.2 Å². The third-order valence-corrected chi connectivity index (χ3v) is 6.09. The van der Waals surface area contributed by atoms with Crippen LogP contribution in [0.3, 0.4) is 0 Å². The Bertz CT molecular complexity index is 1470. The number of aromatic nitrogens is 1. The number of carbonyl (C=O) groups is 1. The summed E-state index contributed by atoms with van der Waals surface area (Å²) in [7, 11) is 0. The Kier molecular flexibility index (Phi) is 7.24. The second-order valence-corrected chi connectivity index (χ2v) is 10.6. The maximum absolute atomic E-state index is 11.4. The molecule has 192 valence electrons. The molecule has 1 amide bonds. The zero-order valence-electron chi connectivity index (χ0n) is 21.6. The van der Waals surface area contributed by atoms with Gasteiger partial charge in [-0.2, -0.15) is 5.26 Å². The Labute approximate surface area is 227 Å². The number of benzene rings is 2. The Balaban J connectivity index is 1.84. The van der Waals surface area contributed by atoms with Crippen LogP contribution < -0.4 is 27.3 Å². The van der Waals surface area contributed by atoms with Crippen molar-refractivity contribution in [3.63, 3.8) is 0 Å². The highest BCUT2D eigenvalue weighted by Gasteiger charge is 2.25. The third-order valence-electron chi connectivity index (χ3n) is 5.47. The van der Waals surface area contributed by atoms with Gasteiger partial charge < -0.3 is 21.8 Å². The van der Waals surface area contributed by atoms with Gasteiger partial charge in [0.15, 0.2) is 0 Å². The fourth-order valence-corrected chi connectivity index (χ4v) is 4.28. The summed E-state index contributed by atoms with van der Waals surface area (Å²) < 4.78 is 9.55.